The largest absolute Gasteiger partial charge is 0.481 e. The van der Waals surface area contributed by atoms with Gasteiger partial charge in [0, 0.05) is 23.2 Å². The number of carboxylic acid groups (broad SMARTS) is 1. The van der Waals surface area contributed by atoms with Crippen LogP contribution in [0.15, 0.2) is 83.8 Å². The van der Waals surface area contributed by atoms with E-state index in [1.165, 1.54) is 24.3 Å². The van der Waals surface area contributed by atoms with Crippen molar-refractivity contribution in [3.8, 4) is 11.1 Å². The van der Waals surface area contributed by atoms with Gasteiger partial charge < -0.3 is 5.11 Å². The maximum absolute atomic E-state index is 13.0. The fraction of sp³-hybridized carbons (Fsp3) is 0.0909. The van der Waals surface area contributed by atoms with Gasteiger partial charge in [0.25, 0.3) is 10.0 Å². The van der Waals surface area contributed by atoms with Crippen LogP contribution in [0.3, 0.4) is 0 Å². The standard InChI is InChI=1S/C22H19NO5S/c24-20(13-14-22(25)26)17-9-6-10-18(15-17)23-29(27,28)21-12-5-4-11-19(21)16-7-2-1-3-8-16/h1-12,15,23H,13-14H2,(H,25,26). The molecule has 148 valence electrons. The topological polar surface area (TPSA) is 101 Å². The highest BCUT2D eigenvalue weighted by Crippen LogP contribution is 2.28. The van der Waals surface area contributed by atoms with Crippen molar-refractivity contribution in [2.75, 3.05) is 4.72 Å². The van der Waals surface area contributed by atoms with Crippen LogP contribution in [0.5, 0.6) is 0 Å². The van der Waals surface area contributed by atoms with Crippen LogP contribution in [-0.2, 0) is 14.8 Å². The first-order chi connectivity index (χ1) is 13.9. The molecule has 0 aromatic heterocycles. The van der Waals surface area contributed by atoms with Crippen LogP contribution in [0.1, 0.15) is 23.2 Å². The number of carboxylic acids is 1. The van der Waals surface area contributed by atoms with Crippen molar-refractivity contribution in [3.05, 3.63) is 84.4 Å². The molecule has 0 radical (unpaired) electrons. The zero-order chi connectivity index (χ0) is 20.9. The van der Waals surface area contributed by atoms with Crippen LogP contribution >= 0.6 is 0 Å². The number of hydrogen-bond donors (Lipinski definition) is 2. The molecule has 0 heterocycles. The molecular formula is C22H19NO5S. The van der Waals surface area contributed by atoms with Gasteiger partial charge in [0.1, 0.15) is 0 Å². The SMILES string of the molecule is O=C(O)CCC(=O)c1cccc(NS(=O)(=O)c2ccccc2-c2ccccc2)c1. The minimum absolute atomic E-state index is 0.119. The highest BCUT2D eigenvalue weighted by molar-refractivity contribution is 7.92. The molecule has 0 atom stereocenters. The van der Waals surface area contributed by atoms with Gasteiger partial charge in [-0.3, -0.25) is 14.3 Å². The number of anilines is 1. The van der Waals surface area contributed by atoms with E-state index in [1.807, 2.05) is 30.3 Å². The van der Waals surface area contributed by atoms with Crippen LogP contribution < -0.4 is 4.72 Å². The quantitative estimate of drug-likeness (QED) is 0.543. The maximum atomic E-state index is 13.0. The number of rotatable bonds is 8. The van der Waals surface area contributed by atoms with E-state index < -0.39 is 16.0 Å². The van der Waals surface area contributed by atoms with E-state index >= 15 is 0 Å². The fourth-order valence-electron chi connectivity index (χ4n) is 2.89. The summed E-state index contributed by atoms with van der Waals surface area (Å²) in [5.74, 6) is -1.43. The Morgan fingerprint density at radius 1 is 0.828 bits per heavy atom. The second-order valence-electron chi connectivity index (χ2n) is 6.37. The van der Waals surface area contributed by atoms with Crippen LogP contribution in [0, 0.1) is 0 Å². The predicted octanol–water partition coefficient (Wildman–Crippen LogP) is 4.20. The van der Waals surface area contributed by atoms with E-state index in [-0.39, 0.29) is 34.8 Å². The lowest BCUT2D eigenvalue weighted by Crippen LogP contribution is -2.14. The van der Waals surface area contributed by atoms with Crippen LogP contribution in [0.4, 0.5) is 5.69 Å². The number of hydrogen-bond acceptors (Lipinski definition) is 4. The molecule has 0 aliphatic carbocycles. The lowest BCUT2D eigenvalue weighted by molar-refractivity contribution is -0.136. The molecule has 0 aliphatic heterocycles. The Morgan fingerprint density at radius 2 is 1.52 bits per heavy atom. The minimum Gasteiger partial charge on any atom is -0.481 e. The molecule has 2 N–H and O–H groups in total. The van der Waals surface area contributed by atoms with Crippen molar-refractivity contribution in [3.63, 3.8) is 0 Å². The highest BCUT2D eigenvalue weighted by atomic mass is 32.2. The Balaban J connectivity index is 1.89. The van der Waals surface area contributed by atoms with Crippen LogP contribution in [0.25, 0.3) is 11.1 Å². The number of aliphatic carboxylic acids is 1. The van der Waals surface area contributed by atoms with Gasteiger partial charge in [-0.1, -0.05) is 60.7 Å². The van der Waals surface area contributed by atoms with Crippen molar-refractivity contribution in [1.82, 2.24) is 0 Å². The highest BCUT2D eigenvalue weighted by Gasteiger charge is 2.20. The van der Waals surface area contributed by atoms with Gasteiger partial charge in [-0.2, -0.15) is 0 Å². The zero-order valence-electron chi connectivity index (χ0n) is 15.4. The van der Waals surface area contributed by atoms with E-state index in [1.54, 1.807) is 24.3 Å². The molecule has 29 heavy (non-hydrogen) atoms. The maximum Gasteiger partial charge on any atom is 0.303 e. The molecule has 0 spiro atoms. The third-order valence-corrected chi connectivity index (χ3v) is 5.70. The average Bonchev–Trinajstić information content (AvgIpc) is 2.72. The van der Waals surface area contributed by atoms with Crippen LogP contribution in [-0.4, -0.2) is 25.3 Å². The van der Waals surface area contributed by atoms with Crippen molar-refractivity contribution in [2.45, 2.75) is 17.7 Å². The predicted molar refractivity (Wildman–Crippen MR) is 110 cm³/mol. The van der Waals surface area contributed by atoms with Gasteiger partial charge in [-0.05, 0) is 23.8 Å². The summed E-state index contributed by atoms with van der Waals surface area (Å²) in [6, 6.07) is 21.9. The smallest absolute Gasteiger partial charge is 0.303 e. The first kappa shape index (κ1) is 20.3. The molecule has 3 aromatic rings. The Kier molecular flexibility index (Phi) is 6.09. The lowest BCUT2D eigenvalue weighted by Gasteiger charge is -2.13. The van der Waals surface area contributed by atoms with E-state index in [9.17, 15) is 18.0 Å². The van der Waals surface area contributed by atoms with Gasteiger partial charge in [0.05, 0.1) is 11.3 Å². The number of benzene rings is 3. The fourth-order valence-corrected chi connectivity index (χ4v) is 4.17. The second-order valence-corrected chi connectivity index (χ2v) is 8.02. The molecule has 0 fully saturated rings. The summed E-state index contributed by atoms with van der Waals surface area (Å²) in [6.07, 6.45) is -0.429. The van der Waals surface area contributed by atoms with Crippen molar-refractivity contribution < 1.29 is 23.1 Å². The first-order valence-electron chi connectivity index (χ1n) is 8.89. The molecule has 0 saturated heterocycles. The summed E-state index contributed by atoms with van der Waals surface area (Å²) >= 11 is 0. The molecule has 0 aliphatic rings. The summed E-state index contributed by atoms with van der Waals surface area (Å²) in [5.41, 5.74) is 1.82. The first-order valence-corrected chi connectivity index (χ1v) is 10.4. The summed E-state index contributed by atoms with van der Waals surface area (Å²) in [5, 5.41) is 8.72. The van der Waals surface area contributed by atoms with Gasteiger partial charge in [0.2, 0.25) is 0 Å². The molecule has 0 saturated carbocycles. The molecule has 3 rings (SSSR count). The number of ketones is 1. The van der Waals surface area contributed by atoms with Gasteiger partial charge in [0.15, 0.2) is 5.78 Å². The van der Waals surface area contributed by atoms with Gasteiger partial charge >= 0.3 is 5.97 Å². The second kappa shape index (κ2) is 8.70. The zero-order valence-corrected chi connectivity index (χ0v) is 16.2. The molecule has 0 bridgehead atoms. The molecule has 0 amide bonds. The van der Waals surface area contributed by atoms with Crippen molar-refractivity contribution >= 4 is 27.5 Å². The van der Waals surface area contributed by atoms with E-state index in [0.29, 0.717) is 5.56 Å². The Labute approximate surface area is 168 Å². The third-order valence-electron chi connectivity index (χ3n) is 4.26. The monoisotopic (exact) mass is 409 g/mol. The van der Waals surface area contributed by atoms with Crippen molar-refractivity contribution in [1.29, 1.82) is 0 Å². The third kappa shape index (κ3) is 5.08. The Bertz CT molecular complexity index is 1140. The number of nitrogens with one attached hydrogen (secondary N) is 1. The molecule has 3 aromatic carbocycles. The van der Waals surface area contributed by atoms with Gasteiger partial charge in [-0.25, -0.2) is 8.42 Å². The Morgan fingerprint density at radius 3 is 2.24 bits per heavy atom. The summed E-state index contributed by atoms with van der Waals surface area (Å²) < 4.78 is 28.5. The minimum atomic E-state index is -3.92. The van der Waals surface area contributed by atoms with E-state index in [2.05, 4.69) is 4.72 Å². The van der Waals surface area contributed by atoms with E-state index in [4.69, 9.17) is 5.11 Å². The lowest BCUT2D eigenvalue weighted by atomic mass is 10.1. The molecule has 0 unspecified atom stereocenters. The number of carbonyl (C=O) groups excluding carboxylic acids is 1. The number of carbonyl (C=O) groups is 2. The molecular weight excluding hydrogens is 390 g/mol. The number of sulfonamides is 1. The van der Waals surface area contributed by atoms with E-state index in [0.717, 1.165) is 5.56 Å². The summed E-state index contributed by atoms with van der Waals surface area (Å²) in [7, 11) is -3.92. The summed E-state index contributed by atoms with van der Waals surface area (Å²) in [4.78, 5) is 22.9. The Hall–Kier alpha value is -3.45. The number of Topliss-reactive ketones (excluding diaryl/α,β-unsaturated/α-hetero) is 1. The van der Waals surface area contributed by atoms with Crippen molar-refractivity contribution in [2.24, 2.45) is 0 Å². The molecule has 7 heteroatoms. The molecule has 6 nitrogen and oxygen atoms in total. The van der Waals surface area contributed by atoms with Crippen LogP contribution in [0.2, 0.25) is 0 Å². The normalized spacial score (nSPS) is 11.0. The average molecular weight is 409 g/mol. The summed E-state index contributed by atoms with van der Waals surface area (Å²) in [6.45, 7) is 0. The van der Waals surface area contributed by atoms with Gasteiger partial charge in [-0.15, -0.1) is 0 Å².